The van der Waals surface area contributed by atoms with E-state index in [2.05, 4.69) is 6.07 Å². The van der Waals surface area contributed by atoms with Gasteiger partial charge in [-0.25, -0.2) is 0 Å². The quantitative estimate of drug-likeness (QED) is 0.589. The van der Waals surface area contributed by atoms with Crippen molar-refractivity contribution in [2.75, 3.05) is 7.05 Å². The Morgan fingerprint density at radius 2 is 2.00 bits per heavy atom. The first-order valence-electron chi connectivity index (χ1n) is 4.28. The maximum absolute atomic E-state index is 11.1. The van der Waals surface area contributed by atoms with Crippen molar-refractivity contribution < 1.29 is 4.79 Å². The van der Waals surface area contributed by atoms with Crippen LogP contribution in [0, 0.1) is 11.3 Å². The molecule has 0 spiro atoms. The zero-order valence-corrected chi connectivity index (χ0v) is 7.63. The molecule has 0 aliphatic heterocycles. The first-order chi connectivity index (χ1) is 5.62. The van der Waals surface area contributed by atoms with E-state index in [-0.39, 0.29) is 5.91 Å². The van der Waals surface area contributed by atoms with E-state index in [1.54, 1.807) is 11.9 Å². The Morgan fingerprint density at radius 3 is 2.33 bits per heavy atom. The summed E-state index contributed by atoms with van der Waals surface area (Å²) in [5.41, 5.74) is -0.494. The highest BCUT2D eigenvalue weighted by Crippen LogP contribution is 2.33. The van der Waals surface area contributed by atoms with Crippen LogP contribution in [0.4, 0.5) is 0 Å². The molecule has 0 N–H and O–H groups in total. The minimum Gasteiger partial charge on any atom is -0.327 e. The van der Waals surface area contributed by atoms with Crippen molar-refractivity contribution in [2.45, 2.75) is 38.1 Å². The molecule has 0 aromatic rings. The fourth-order valence-corrected chi connectivity index (χ4v) is 1.78. The van der Waals surface area contributed by atoms with Gasteiger partial charge in [0.05, 0.1) is 6.07 Å². The summed E-state index contributed by atoms with van der Waals surface area (Å²) in [5, 5.41) is 8.99. The molecule has 1 aliphatic carbocycles. The summed E-state index contributed by atoms with van der Waals surface area (Å²) in [6.07, 6.45) is 3.79. The second-order valence-electron chi connectivity index (χ2n) is 3.43. The van der Waals surface area contributed by atoms with Gasteiger partial charge in [0.1, 0.15) is 5.54 Å². The van der Waals surface area contributed by atoms with E-state index in [1.165, 1.54) is 6.92 Å². The minimum absolute atomic E-state index is 0.0153. The Hall–Kier alpha value is -1.04. The standard InChI is InChI=1S/C9H14N2O/c1-8(12)11(2)9(7-10)5-3-4-6-9/h3-6H2,1-2H3. The number of nitriles is 1. The Labute approximate surface area is 73.0 Å². The monoisotopic (exact) mass is 166 g/mol. The van der Waals surface area contributed by atoms with Crippen molar-refractivity contribution in [3.8, 4) is 6.07 Å². The molecule has 1 fully saturated rings. The molecule has 1 rings (SSSR count). The average molecular weight is 166 g/mol. The first kappa shape index (κ1) is 9.05. The van der Waals surface area contributed by atoms with Crippen molar-refractivity contribution in [2.24, 2.45) is 0 Å². The molecule has 0 saturated heterocycles. The van der Waals surface area contributed by atoms with Crippen LogP contribution in [0.2, 0.25) is 0 Å². The van der Waals surface area contributed by atoms with Crippen LogP contribution in [-0.4, -0.2) is 23.4 Å². The first-order valence-corrected chi connectivity index (χ1v) is 4.28. The van der Waals surface area contributed by atoms with E-state index in [0.717, 1.165) is 25.7 Å². The highest BCUT2D eigenvalue weighted by atomic mass is 16.2. The highest BCUT2D eigenvalue weighted by molar-refractivity contribution is 5.74. The Balaban J connectivity index is 2.81. The van der Waals surface area contributed by atoms with E-state index < -0.39 is 5.54 Å². The predicted octanol–water partition coefficient (Wildman–Crippen LogP) is 1.30. The molecule has 1 saturated carbocycles. The molecule has 0 aromatic heterocycles. The Bertz CT molecular complexity index is 223. The van der Waals surface area contributed by atoms with Crippen LogP contribution in [0.15, 0.2) is 0 Å². The number of carbonyl (C=O) groups excluding carboxylic acids is 1. The molecule has 0 unspecified atom stereocenters. The van der Waals surface area contributed by atoms with Gasteiger partial charge in [-0.2, -0.15) is 5.26 Å². The summed E-state index contributed by atoms with van der Waals surface area (Å²) in [7, 11) is 1.72. The molecular formula is C9H14N2O. The van der Waals surface area contributed by atoms with Crippen molar-refractivity contribution in [1.29, 1.82) is 5.26 Å². The molecule has 1 aliphatic rings. The van der Waals surface area contributed by atoms with Gasteiger partial charge in [-0.3, -0.25) is 4.79 Å². The fourth-order valence-electron chi connectivity index (χ4n) is 1.78. The van der Waals surface area contributed by atoms with Crippen molar-refractivity contribution in [1.82, 2.24) is 4.90 Å². The van der Waals surface area contributed by atoms with Crippen molar-refractivity contribution >= 4 is 5.91 Å². The number of rotatable bonds is 1. The fraction of sp³-hybridized carbons (Fsp3) is 0.778. The third kappa shape index (κ3) is 1.29. The number of hydrogen-bond acceptors (Lipinski definition) is 2. The summed E-state index contributed by atoms with van der Waals surface area (Å²) in [6, 6.07) is 2.26. The topological polar surface area (TPSA) is 44.1 Å². The van der Waals surface area contributed by atoms with Crippen LogP contribution in [0.1, 0.15) is 32.6 Å². The normalized spacial score (nSPS) is 20.1. The van der Waals surface area contributed by atoms with Gasteiger partial charge in [0.25, 0.3) is 0 Å². The second kappa shape index (κ2) is 3.14. The number of carbonyl (C=O) groups is 1. The molecule has 0 atom stereocenters. The number of nitrogens with zero attached hydrogens (tertiary/aromatic N) is 2. The van der Waals surface area contributed by atoms with E-state index in [4.69, 9.17) is 5.26 Å². The van der Waals surface area contributed by atoms with Gasteiger partial charge in [0, 0.05) is 14.0 Å². The van der Waals surface area contributed by atoms with Gasteiger partial charge in [0.15, 0.2) is 0 Å². The van der Waals surface area contributed by atoms with E-state index >= 15 is 0 Å². The summed E-state index contributed by atoms with van der Waals surface area (Å²) in [5.74, 6) is -0.0153. The summed E-state index contributed by atoms with van der Waals surface area (Å²) in [4.78, 5) is 12.7. The molecule has 3 heteroatoms. The van der Waals surface area contributed by atoms with Crippen LogP contribution in [0.3, 0.4) is 0 Å². The zero-order chi connectivity index (χ0) is 9.19. The minimum atomic E-state index is -0.494. The predicted molar refractivity (Wildman–Crippen MR) is 45.3 cm³/mol. The molecule has 12 heavy (non-hydrogen) atoms. The molecule has 3 nitrogen and oxygen atoms in total. The van der Waals surface area contributed by atoms with Crippen molar-refractivity contribution in [3.63, 3.8) is 0 Å². The average Bonchev–Trinajstić information content (AvgIpc) is 2.52. The van der Waals surface area contributed by atoms with E-state index in [0.29, 0.717) is 0 Å². The maximum atomic E-state index is 11.1. The van der Waals surface area contributed by atoms with Crippen LogP contribution >= 0.6 is 0 Å². The third-order valence-corrected chi connectivity index (χ3v) is 2.75. The lowest BCUT2D eigenvalue weighted by Crippen LogP contribution is -2.45. The van der Waals surface area contributed by atoms with Crippen LogP contribution in [0.25, 0.3) is 0 Å². The van der Waals surface area contributed by atoms with Gasteiger partial charge < -0.3 is 4.90 Å². The Morgan fingerprint density at radius 1 is 1.50 bits per heavy atom. The van der Waals surface area contributed by atoms with Crippen LogP contribution < -0.4 is 0 Å². The lowest BCUT2D eigenvalue weighted by molar-refractivity contribution is -0.131. The summed E-state index contributed by atoms with van der Waals surface area (Å²) >= 11 is 0. The molecule has 0 radical (unpaired) electrons. The lowest BCUT2D eigenvalue weighted by Gasteiger charge is -2.31. The number of amides is 1. The van der Waals surface area contributed by atoms with Crippen LogP contribution in [-0.2, 0) is 4.79 Å². The SMILES string of the molecule is CC(=O)N(C)C1(C#N)CCCC1. The van der Waals surface area contributed by atoms with Crippen LogP contribution in [0.5, 0.6) is 0 Å². The highest BCUT2D eigenvalue weighted by Gasteiger charge is 2.39. The van der Waals surface area contributed by atoms with Gasteiger partial charge in [-0.05, 0) is 25.7 Å². The summed E-state index contributed by atoms with van der Waals surface area (Å²) in [6.45, 7) is 1.51. The second-order valence-corrected chi connectivity index (χ2v) is 3.43. The smallest absolute Gasteiger partial charge is 0.220 e. The Kier molecular flexibility index (Phi) is 2.37. The van der Waals surface area contributed by atoms with Crippen molar-refractivity contribution in [3.05, 3.63) is 0 Å². The zero-order valence-electron chi connectivity index (χ0n) is 7.63. The molecular weight excluding hydrogens is 152 g/mol. The van der Waals surface area contributed by atoms with E-state index in [1.807, 2.05) is 0 Å². The molecule has 0 heterocycles. The molecule has 66 valence electrons. The lowest BCUT2D eigenvalue weighted by atomic mass is 9.98. The number of hydrogen-bond donors (Lipinski definition) is 0. The van der Waals surface area contributed by atoms with Gasteiger partial charge in [-0.15, -0.1) is 0 Å². The maximum Gasteiger partial charge on any atom is 0.220 e. The van der Waals surface area contributed by atoms with E-state index in [9.17, 15) is 4.79 Å². The molecule has 1 amide bonds. The van der Waals surface area contributed by atoms with Gasteiger partial charge >= 0.3 is 0 Å². The third-order valence-electron chi connectivity index (χ3n) is 2.75. The van der Waals surface area contributed by atoms with Gasteiger partial charge in [0.2, 0.25) is 5.91 Å². The molecule has 0 aromatic carbocycles. The van der Waals surface area contributed by atoms with Gasteiger partial charge in [-0.1, -0.05) is 0 Å². The summed E-state index contributed by atoms with van der Waals surface area (Å²) < 4.78 is 0. The largest absolute Gasteiger partial charge is 0.327 e. The molecule has 0 bridgehead atoms.